The van der Waals surface area contributed by atoms with Gasteiger partial charge in [0.1, 0.15) is 0 Å². The van der Waals surface area contributed by atoms with E-state index in [2.05, 4.69) is 10.2 Å². The fraction of sp³-hybridized carbons (Fsp3) is 0.400. The van der Waals surface area contributed by atoms with Crippen molar-refractivity contribution in [3.05, 3.63) is 12.0 Å². The van der Waals surface area contributed by atoms with E-state index >= 15 is 0 Å². The second-order valence-electron chi connectivity index (χ2n) is 2.16. The first kappa shape index (κ1) is 6.73. The zero-order valence-electron chi connectivity index (χ0n) is 5.27. The van der Waals surface area contributed by atoms with E-state index in [1.54, 1.807) is 0 Å². The van der Waals surface area contributed by atoms with Crippen molar-refractivity contribution >= 4 is 5.97 Å². The molecule has 10 heavy (non-hydrogen) atoms. The standard InChI is InChI=1S/C5H6N2O3/c1-5(4(9)10)2-3(8)6-7-5/h2,8H,1H3,(H,9,10). The van der Waals surface area contributed by atoms with Crippen molar-refractivity contribution in [3.8, 4) is 0 Å². The van der Waals surface area contributed by atoms with Crippen molar-refractivity contribution in [3.63, 3.8) is 0 Å². The van der Waals surface area contributed by atoms with Gasteiger partial charge in [-0.3, -0.25) is 0 Å². The third-order valence-corrected chi connectivity index (χ3v) is 1.20. The van der Waals surface area contributed by atoms with Gasteiger partial charge in [0, 0.05) is 6.08 Å². The smallest absolute Gasteiger partial charge is 0.337 e. The first-order valence-corrected chi connectivity index (χ1v) is 2.63. The van der Waals surface area contributed by atoms with E-state index in [9.17, 15) is 4.79 Å². The van der Waals surface area contributed by atoms with Gasteiger partial charge in [-0.25, -0.2) is 4.79 Å². The summed E-state index contributed by atoms with van der Waals surface area (Å²) in [6.07, 6.45) is 1.08. The Balaban J connectivity index is 2.95. The van der Waals surface area contributed by atoms with Crippen LogP contribution in [0.5, 0.6) is 0 Å². The van der Waals surface area contributed by atoms with Crippen molar-refractivity contribution in [2.24, 2.45) is 10.2 Å². The second-order valence-corrected chi connectivity index (χ2v) is 2.16. The van der Waals surface area contributed by atoms with Gasteiger partial charge in [0.15, 0.2) is 5.54 Å². The van der Waals surface area contributed by atoms with Gasteiger partial charge in [0.25, 0.3) is 0 Å². The summed E-state index contributed by atoms with van der Waals surface area (Å²) in [4.78, 5) is 10.4. The number of aliphatic hydroxyl groups is 1. The van der Waals surface area contributed by atoms with Crippen LogP contribution in [0.4, 0.5) is 0 Å². The second kappa shape index (κ2) is 1.80. The molecule has 0 aromatic rings. The van der Waals surface area contributed by atoms with Crippen molar-refractivity contribution < 1.29 is 15.0 Å². The van der Waals surface area contributed by atoms with Crippen LogP contribution in [-0.2, 0) is 4.79 Å². The Bertz CT molecular complexity index is 233. The number of aliphatic carboxylic acids is 1. The van der Waals surface area contributed by atoms with Gasteiger partial charge in [-0.1, -0.05) is 0 Å². The molecule has 0 aromatic heterocycles. The minimum absolute atomic E-state index is 0.343. The van der Waals surface area contributed by atoms with Crippen LogP contribution < -0.4 is 0 Å². The summed E-state index contributed by atoms with van der Waals surface area (Å²) in [7, 11) is 0. The molecule has 0 radical (unpaired) electrons. The number of carboxylic acid groups (broad SMARTS) is 1. The summed E-state index contributed by atoms with van der Waals surface area (Å²) in [6.45, 7) is 1.35. The molecular weight excluding hydrogens is 136 g/mol. The molecule has 1 atom stereocenters. The topological polar surface area (TPSA) is 82.2 Å². The lowest BCUT2D eigenvalue weighted by atomic mass is 10.1. The first-order valence-electron chi connectivity index (χ1n) is 2.63. The molecule has 54 valence electrons. The Labute approximate surface area is 56.7 Å². The number of hydrogen-bond donors (Lipinski definition) is 2. The number of hydrogen-bond acceptors (Lipinski definition) is 4. The largest absolute Gasteiger partial charge is 0.492 e. The third-order valence-electron chi connectivity index (χ3n) is 1.20. The van der Waals surface area contributed by atoms with Gasteiger partial charge >= 0.3 is 5.97 Å². The molecule has 0 spiro atoms. The molecule has 1 aliphatic heterocycles. The lowest BCUT2D eigenvalue weighted by Crippen LogP contribution is -2.28. The Kier molecular flexibility index (Phi) is 1.21. The average Bonchev–Trinajstić information content (AvgIpc) is 2.13. The molecule has 0 saturated heterocycles. The van der Waals surface area contributed by atoms with Gasteiger partial charge in [-0.2, -0.15) is 5.11 Å². The zero-order chi connectivity index (χ0) is 7.78. The van der Waals surface area contributed by atoms with Gasteiger partial charge in [0.2, 0.25) is 5.88 Å². The maximum Gasteiger partial charge on any atom is 0.337 e. The van der Waals surface area contributed by atoms with E-state index in [0.717, 1.165) is 6.08 Å². The minimum Gasteiger partial charge on any atom is -0.492 e. The molecule has 1 aliphatic rings. The molecule has 5 nitrogen and oxygen atoms in total. The van der Waals surface area contributed by atoms with Crippen LogP contribution in [0.3, 0.4) is 0 Å². The molecular formula is C5H6N2O3. The van der Waals surface area contributed by atoms with Crippen LogP contribution in [0.15, 0.2) is 22.2 Å². The van der Waals surface area contributed by atoms with Crippen molar-refractivity contribution in [1.29, 1.82) is 0 Å². The predicted molar refractivity (Wildman–Crippen MR) is 31.6 cm³/mol. The Morgan fingerprint density at radius 3 is 2.60 bits per heavy atom. The molecule has 5 heteroatoms. The highest BCUT2D eigenvalue weighted by Gasteiger charge is 2.35. The molecule has 1 rings (SSSR count). The zero-order valence-corrected chi connectivity index (χ0v) is 5.27. The van der Waals surface area contributed by atoms with Crippen LogP contribution >= 0.6 is 0 Å². The number of azo groups is 1. The molecule has 0 amide bonds. The number of rotatable bonds is 1. The van der Waals surface area contributed by atoms with Crippen LogP contribution in [-0.4, -0.2) is 21.7 Å². The fourth-order valence-electron chi connectivity index (χ4n) is 0.569. The lowest BCUT2D eigenvalue weighted by molar-refractivity contribution is -0.140. The van der Waals surface area contributed by atoms with Gasteiger partial charge in [-0.15, -0.1) is 5.11 Å². The Hall–Kier alpha value is -1.39. The molecule has 1 unspecified atom stereocenters. The maximum atomic E-state index is 10.4. The highest BCUT2D eigenvalue weighted by Crippen LogP contribution is 2.21. The SMILES string of the molecule is CC1(C(=O)O)C=C(O)N=N1. The first-order chi connectivity index (χ1) is 4.54. The summed E-state index contributed by atoms with van der Waals surface area (Å²) >= 11 is 0. The number of carbonyl (C=O) groups is 1. The van der Waals surface area contributed by atoms with Crippen molar-refractivity contribution in [2.45, 2.75) is 12.5 Å². The molecule has 0 fully saturated rings. The molecule has 2 N–H and O–H groups in total. The molecule has 0 aromatic carbocycles. The minimum atomic E-state index is -1.37. The summed E-state index contributed by atoms with van der Waals surface area (Å²) in [5.41, 5.74) is -1.37. The Morgan fingerprint density at radius 1 is 1.80 bits per heavy atom. The van der Waals surface area contributed by atoms with Gasteiger partial charge < -0.3 is 10.2 Å². The maximum absolute atomic E-state index is 10.4. The van der Waals surface area contributed by atoms with E-state index in [0.29, 0.717) is 0 Å². The molecule has 1 heterocycles. The van der Waals surface area contributed by atoms with Crippen LogP contribution in [0.1, 0.15) is 6.92 Å². The van der Waals surface area contributed by atoms with E-state index in [1.807, 2.05) is 0 Å². The van der Waals surface area contributed by atoms with Gasteiger partial charge in [-0.05, 0) is 6.92 Å². The number of nitrogens with zero attached hydrogens (tertiary/aromatic N) is 2. The normalized spacial score (nSPS) is 30.3. The third kappa shape index (κ3) is 0.854. The van der Waals surface area contributed by atoms with Crippen molar-refractivity contribution in [1.82, 2.24) is 0 Å². The van der Waals surface area contributed by atoms with E-state index in [1.165, 1.54) is 6.92 Å². The molecule has 0 aliphatic carbocycles. The highest BCUT2D eigenvalue weighted by molar-refractivity contribution is 5.81. The lowest BCUT2D eigenvalue weighted by Gasteiger charge is -2.06. The molecule has 0 bridgehead atoms. The van der Waals surface area contributed by atoms with E-state index in [4.69, 9.17) is 10.2 Å². The highest BCUT2D eigenvalue weighted by atomic mass is 16.4. The monoisotopic (exact) mass is 142 g/mol. The summed E-state index contributed by atoms with van der Waals surface area (Å²) in [6, 6.07) is 0. The molecule has 0 saturated carbocycles. The predicted octanol–water partition coefficient (Wildman–Crippen LogP) is 0.695. The van der Waals surface area contributed by atoms with Crippen LogP contribution in [0.2, 0.25) is 0 Å². The number of aliphatic hydroxyl groups excluding tert-OH is 1. The summed E-state index contributed by atoms with van der Waals surface area (Å²) < 4.78 is 0. The van der Waals surface area contributed by atoms with E-state index in [-0.39, 0.29) is 5.88 Å². The van der Waals surface area contributed by atoms with Crippen LogP contribution in [0.25, 0.3) is 0 Å². The van der Waals surface area contributed by atoms with E-state index < -0.39 is 11.5 Å². The summed E-state index contributed by atoms with van der Waals surface area (Å²) in [5.74, 6) is -1.47. The van der Waals surface area contributed by atoms with Crippen LogP contribution in [0, 0.1) is 0 Å². The van der Waals surface area contributed by atoms with Crippen molar-refractivity contribution in [2.75, 3.05) is 0 Å². The van der Waals surface area contributed by atoms with Gasteiger partial charge in [0.05, 0.1) is 0 Å². The summed E-state index contributed by atoms with van der Waals surface area (Å²) in [5, 5.41) is 23.6. The fourth-order valence-corrected chi connectivity index (χ4v) is 0.569. The average molecular weight is 142 g/mol. The quantitative estimate of drug-likeness (QED) is 0.565. The number of carboxylic acids is 1. The Morgan fingerprint density at radius 2 is 2.40 bits per heavy atom.